The molecule has 1 heterocycles. The molecule has 27 heavy (non-hydrogen) atoms. The summed E-state index contributed by atoms with van der Waals surface area (Å²) < 4.78 is 6.37. The van der Waals surface area contributed by atoms with E-state index in [1.54, 1.807) is 0 Å². The molecule has 0 bridgehead atoms. The number of amides is 1. The van der Waals surface area contributed by atoms with Gasteiger partial charge in [-0.05, 0) is 44.9 Å². The maximum absolute atomic E-state index is 12.3. The van der Waals surface area contributed by atoms with E-state index < -0.39 is 23.8 Å². The van der Waals surface area contributed by atoms with Gasteiger partial charge in [-0.2, -0.15) is 0 Å². The minimum atomic E-state index is -0.935. The van der Waals surface area contributed by atoms with Crippen molar-refractivity contribution in [1.29, 1.82) is 0 Å². The Morgan fingerprint density at radius 3 is 2.48 bits per heavy atom. The molecular formula is C21H24N2O3S. The third-order valence-corrected chi connectivity index (χ3v) is 5.05. The highest BCUT2D eigenvalue weighted by atomic mass is 32.1. The number of ether oxygens (including phenoxy) is 1. The van der Waals surface area contributed by atoms with Crippen LogP contribution in [0.25, 0.3) is 10.2 Å². The number of aromatic nitrogens is 1. The third-order valence-electron chi connectivity index (χ3n) is 3.95. The number of nitrogens with one attached hydrogen (secondary N) is 1. The van der Waals surface area contributed by atoms with E-state index in [1.165, 1.54) is 11.3 Å². The van der Waals surface area contributed by atoms with Crippen LogP contribution >= 0.6 is 11.3 Å². The largest absolute Gasteiger partial charge is 0.444 e. The molecule has 142 valence electrons. The number of aliphatic hydroxyl groups excluding tert-OH is 1. The van der Waals surface area contributed by atoms with Gasteiger partial charge in [0.25, 0.3) is 0 Å². The number of hydrogen-bond donors (Lipinski definition) is 2. The van der Waals surface area contributed by atoms with Crippen molar-refractivity contribution in [3.8, 4) is 0 Å². The Morgan fingerprint density at radius 1 is 1.15 bits per heavy atom. The number of alkyl carbamates (subject to hydrolysis) is 1. The molecule has 0 saturated carbocycles. The van der Waals surface area contributed by atoms with Gasteiger partial charge in [0, 0.05) is 0 Å². The zero-order chi connectivity index (χ0) is 19.4. The normalized spacial score (nSPS) is 13.9. The molecule has 1 aromatic heterocycles. The van der Waals surface area contributed by atoms with E-state index in [-0.39, 0.29) is 0 Å². The summed E-state index contributed by atoms with van der Waals surface area (Å²) in [6.45, 7) is 5.42. The number of thiazole rings is 1. The number of para-hydroxylation sites is 1. The fraction of sp³-hybridized carbons (Fsp3) is 0.333. The van der Waals surface area contributed by atoms with Gasteiger partial charge in [0.15, 0.2) is 0 Å². The molecule has 6 heteroatoms. The average Bonchev–Trinajstić information content (AvgIpc) is 3.04. The standard InChI is InChI=1S/C21H24N2O3S/c1-21(2,3)26-20(25)23-16(13-14-9-5-4-6-10-14)18(24)19-22-15-11-7-8-12-17(15)27-19/h4-12,16,18,24H,13H2,1-3H3,(H,23,25)/t16-,18?/m0/s1. The number of fused-ring (bicyclic) bond motifs is 1. The molecule has 1 amide bonds. The van der Waals surface area contributed by atoms with Gasteiger partial charge in [-0.3, -0.25) is 0 Å². The second kappa shape index (κ2) is 8.06. The average molecular weight is 385 g/mol. The zero-order valence-corrected chi connectivity index (χ0v) is 16.5. The molecule has 2 atom stereocenters. The number of nitrogens with zero attached hydrogens (tertiary/aromatic N) is 1. The Balaban J connectivity index is 1.84. The number of hydrogen-bond acceptors (Lipinski definition) is 5. The lowest BCUT2D eigenvalue weighted by atomic mass is 10.0. The van der Waals surface area contributed by atoms with E-state index in [2.05, 4.69) is 10.3 Å². The van der Waals surface area contributed by atoms with E-state index in [0.717, 1.165) is 15.8 Å². The van der Waals surface area contributed by atoms with Crippen molar-refractivity contribution in [2.75, 3.05) is 0 Å². The number of aliphatic hydroxyl groups is 1. The van der Waals surface area contributed by atoms with Crippen LogP contribution in [0, 0.1) is 0 Å². The third kappa shape index (κ3) is 5.28. The summed E-state index contributed by atoms with van der Waals surface area (Å²) in [6.07, 6.45) is -1.02. The Bertz CT molecular complexity index is 869. The SMILES string of the molecule is CC(C)(C)OC(=O)N[C@@H](Cc1ccccc1)C(O)c1nc2ccccc2s1. The molecule has 0 aliphatic carbocycles. The van der Waals surface area contributed by atoms with Crippen molar-refractivity contribution >= 4 is 27.6 Å². The summed E-state index contributed by atoms with van der Waals surface area (Å²) in [4.78, 5) is 16.8. The summed E-state index contributed by atoms with van der Waals surface area (Å²) >= 11 is 1.43. The Kier molecular flexibility index (Phi) is 5.77. The second-order valence-corrected chi connectivity index (χ2v) is 8.47. The Hall–Kier alpha value is -2.44. The molecule has 5 nitrogen and oxygen atoms in total. The quantitative estimate of drug-likeness (QED) is 0.681. The van der Waals surface area contributed by atoms with Gasteiger partial charge in [-0.1, -0.05) is 42.5 Å². The Labute approximate surface area is 163 Å². The molecule has 0 aliphatic rings. The zero-order valence-electron chi connectivity index (χ0n) is 15.7. The predicted molar refractivity (Wildman–Crippen MR) is 108 cm³/mol. The maximum atomic E-state index is 12.3. The molecular weight excluding hydrogens is 360 g/mol. The van der Waals surface area contributed by atoms with Crippen LogP contribution in [0.4, 0.5) is 4.79 Å². The predicted octanol–water partition coefficient (Wildman–Crippen LogP) is 4.47. The summed E-state index contributed by atoms with van der Waals surface area (Å²) in [6, 6.07) is 16.9. The molecule has 0 spiro atoms. The van der Waals surface area contributed by atoms with Crippen molar-refractivity contribution in [3.05, 3.63) is 65.2 Å². The highest BCUT2D eigenvalue weighted by molar-refractivity contribution is 7.18. The minimum absolute atomic E-state index is 0.469. The fourth-order valence-electron chi connectivity index (χ4n) is 2.76. The molecule has 2 N–H and O–H groups in total. The molecule has 2 aromatic carbocycles. The summed E-state index contributed by atoms with van der Waals surface area (Å²) in [7, 11) is 0. The first-order valence-corrected chi connectivity index (χ1v) is 9.70. The van der Waals surface area contributed by atoms with Crippen LogP contribution in [0.1, 0.15) is 37.4 Å². The van der Waals surface area contributed by atoms with Gasteiger partial charge in [0.2, 0.25) is 0 Å². The number of carbonyl (C=O) groups is 1. The van der Waals surface area contributed by atoms with Gasteiger partial charge in [0.1, 0.15) is 16.7 Å². The van der Waals surface area contributed by atoms with Crippen LogP contribution < -0.4 is 5.32 Å². The fourth-order valence-corrected chi connectivity index (χ4v) is 3.78. The maximum Gasteiger partial charge on any atom is 0.407 e. The highest BCUT2D eigenvalue weighted by Crippen LogP contribution is 2.29. The molecule has 0 saturated heterocycles. The van der Waals surface area contributed by atoms with Gasteiger partial charge >= 0.3 is 6.09 Å². The van der Waals surface area contributed by atoms with E-state index in [9.17, 15) is 9.90 Å². The monoisotopic (exact) mass is 384 g/mol. The first-order valence-electron chi connectivity index (χ1n) is 8.89. The molecule has 0 aliphatic heterocycles. The molecule has 0 fully saturated rings. The smallest absolute Gasteiger partial charge is 0.407 e. The molecule has 3 rings (SSSR count). The van der Waals surface area contributed by atoms with Crippen molar-refractivity contribution in [2.24, 2.45) is 0 Å². The first-order chi connectivity index (χ1) is 12.8. The van der Waals surface area contributed by atoms with Crippen molar-refractivity contribution < 1.29 is 14.6 Å². The van der Waals surface area contributed by atoms with Crippen LogP contribution in [0.2, 0.25) is 0 Å². The van der Waals surface area contributed by atoms with Crippen LogP contribution in [0.15, 0.2) is 54.6 Å². The molecule has 1 unspecified atom stereocenters. The highest BCUT2D eigenvalue weighted by Gasteiger charge is 2.28. The summed E-state index contributed by atoms with van der Waals surface area (Å²) in [5.41, 5.74) is 1.24. The van der Waals surface area contributed by atoms with Crippen LogP contribution in [0.5, 0.6) is 0 Å². The lowest BCUT2D eigenvalue weighted by molar-refractivity contribution is 0.0421. The summed E-state index contributed by atoms with van der Waals surface area (Å²) in [5, 5.41) is 14.4. The Morgan fingerprint density at radius 2 is 1.81 bits per heavy atom. The van der Waals surface area contributed by atoms with E-state index in [4.69, 9.17) is 4.74 Å². The van der Waals surface area contributed by atoms with Crippen LogP contribution in [-0.2, 0) is 11.2 Å². The summed E-state index contributed by atoms with van der Waals surface area (Å²) in [5.74, 6) is 0. The van der Waals surface area contributed by atoms with Gasteiger partial charge in [-0.15, -0.1) is 11.3 Å². The number of benzene rings is 2. The van der Waals surface area contributed by atoms with E-state index in [1.807, 2.05) is 75.4 Å². The van der Waals surface area contributed by atoms with Crippen LogP contribution in [-0.4, -0.2) is 27.8 Å². The van der Waals surface area contributed by atoms with E-state index >= 15 is 0 Å². The first kappa shape index (κ1) is 19.3. The van der Waals surface area contributed by atoms with Crippen molar-refractivity contribution in [3.63, 3.8) is 0 Å². The van der Waals surface area contributed by atoms with Crippen LogP contribution in [0.3, 0.4) is 0 Å². The second-order valence-electron chi connectivity index (χ2n) is 7.41. The van der Waals surface area contributed by atoms with Crippen molar-refractivity contribution in [1.82, 2.24) is 10.3 Å². The lowest BCUT2D eigenvalue weighted by Crippen LogP contribution is -2.43. The van der Waals surface area contributed by atoms with Gasteiger partial charge in [0.05, 0.1) is 16.3 Å². The number of rotatable bonds is 5. The van der Waals surface area contributed by atoms with Crippen molar-refractivity contribution in [2.45, 2.75) is 44.9 Å². The van der Waals surface area contributed by atoms with Gasteiger partial charge < -0.3 is 15.2 Å². The molecule has 3 aromatic rings. The van der Waals surface area contributed by atoms with Gasteiger partial charge in [-0.25, -0.2) is 9.78 Å². The lowest BCUT2D eigenvalue weighted by Gasteiger charge is -2.26. The minimum Gasteiger partial charge on any atom is -0.444 e. The topological polar surface area (TPSA) is 71.5 Å². The molecule has 0 radical (unpaired) electrons. The van der Waals surface area contributed by atoms with E-state index in [0.29, 0.717) is 11.4 Å². The number of carbonyl (C=O) groups excluding carboxylic acids is 1.